The first-order chi connectivity index (χ1) is 4.46. The van der Waals surface area contributed by atoms with Crippen LogP contribution in [0.5, 0.6) is 0 Å². The summed E-state index contributed by atoms with van der Waals surface area (Å²) in [6, 6.07) is 0. The maximum atomic E-state index is 8.36. The first-order valence-corrected chi connectivity index (χ1v) is 1.44. The molecule has 0 radical (unpaired) electrons. The fraction of sp³-hybridized carbons (Fsp3) is 0. The molecule has 0 rings (SSSR count). The Bertz CT molecular complexity index is 77.4. The van der Waals surface area contributed by atoms with E-state index in [1.165, 1.54) is 0 Å². The largest absolute Gasteiger partial charge is 1.00 e. The zero-order valence-corrected chi connectivity index (χ0v) is 12.7. The summed E-state index contributed by atoms with van der Waals surface area (Å²) in [5, 5.41) is 36.8. The fourth-order valence-electron chi connectivity index (χ4n) is 0. The average molecular weight is 234 g/mol. The zero-order valence-electron chi connectivity index (χ0n) is 6.46. The van der Waals surface area contributed by atoms with Crippen molar-refractivity contribution in [2.75, 3.05) is 0 Å². The predicted molar refractivity (Wildman–Crippen MR) is 20.2 cm³/mol. The minimum Gasteiger partial charge on any atom is -0.652 e. The van der Waals surface area contributed by atoms with Crippen LogP contribution in [0.4, 0.5) is 4.79 Å². The van der Waals surface area contributed by atoms with Crippen LogP contribution in [0, 0.1) is 10.1 Å². The van der Waals surface area contributed by atoms with Crippen molar-refractivity contribution in [2.24, 2.45) is 5.90 Å². The van der Waals surface area contributed by atoms with Crippen LogP contribution in [0.1, 0.15) is 0 Å². The van der Waals surface area contributed by atoms with Crippen molar-refractivity contribution in [1.29, 1.82) is 0 Å². The number of nitrogens with two attached hydrogens (primary N) is 1. The molecule has 0 unspecified atom stereocenters. The molecule has 0 aromatic rings. The van der Waals surface area contributed by atoms with Gasteiger partial charge in [0, 0.05) is 0 Å². The van der Waals surface area contributed by atoms with Crippen LogP contribution in [-0.2, 0) is 0 Å². The van der Waals surface area contributed by atoms with E-state index in [2.05, 4.69) is 5.90 Å². The minimum absolute atomic E-state index is 0. The quantitative estimate of drug-likeness (QED) is 0.210. The van der Waals surface area contributed by atoms with Gasteiger partial charge in [-0.3, -0.25) is 0 Å². The van der Waals surface area contributed by atoms with Crippen molar-refractivity contribution in [3.63, 3.8) is 0 Å². The van der Waals surface area contributed by atoms with Gasteiger partial charge >= 0.3 is 103 Å². The summed E-state index contributed by atoms with van der Waals surface area (Å²) in [7, 11) is 0. The van der Waals surface area contributed by atoms with Gasteiger partial charge in [-0.1, -0.05) is 0 Å². The molecule has 0 saturated carbocycles. The third-order valence-electron chi connectivity index (χ3n) is 0. The first-order valence-electron chi connectivity index (χ1n) is 1.44. The second-order valence-electron chi connectivity index (χ2n) is 0.488. The van der Waals surface area contributed by atoms with Gasteiger partial charge in [0.05, 0.1) is 0 Å². The van der Waals surface area contributed by atoms with Gasteiger partial charge in [0.1, 0.15) is 0 Å². The van der Waals surface area contributed by atoms with Crippen molar-refractivity contribution < 1.29 is 133 Å². The summed E-state index contributed by atoms with van der Waals surface area (Å²) in [5.41, 5.74) is 0. The Balaban J connectivity index is -0.0000000198. The summed E-state index contributed by atoms with van der Waals surface area (Å²) < 4.78 is 0. The normalized spacial score (nSPS) is 4.50. The van der Waals surface area contributed by atoms with Crippen LogP contribution in [-0.4, -0.2) is 21.7 Å². The van der Waals surface area contributed by atoms with Gasteiger partial charge in [0.25, 0.3) is 5.09 Å². The molecule has 0 heterocycles. The number of carbonyl (C=O) groups is 1. The van der Waals surface area contributed by atoms with Crippen LogP contribution in [0.2, 0.25) is 0 Å². The molecule has 12 heavy (non-hydrogen) atoms. The molecule has 11 heteroatoms. The summed E-state index contributed by atoms with van der Waals surface area (Å²) in [4.78, 5) is 16.7. The van der Waals surface area contributed by atoms with E-state index in [4.69, 9.17) is 35.5 Å². The number of carbonyl (C=O) groups excluding carboxylic acids is 1. The van der Waals surface area contributed by atoms with Crippen molar-refractivity contribution in [3.05, 3.63) is 10.1 Å². The topological polar surface area (TPSA) is 173 Å². The van der Waals surface area contributed by atoms with Crippen molar-refractivity contribution in [3.8, 4) is 0 Å². The summed E-state index contributed by atoms with van der Waals surface area (Å²) in [5.74, 6) is 3.50. The van der Waals surface area contributed by atoms with Crippen LogP contribution < -0.4 is 119 Å². The van der Waals surface area contributed by atoms with Crippen molar-refractivity contribution >= 4 is 6.16 Å². The van der Waals surface area contributed by atoms with E-state index in [0.717, 1.165) is 0 Å². The maximum absolute atomic E-state index is 8.36. The van der Waals surface area contributed by atoms with E-state index in [-0.39, 0.29) is 103 Å². The van der Waals surface area contributed by atoms with E-state index in [9.17, 15) is 0 Å². The standard InChI is InChI=1S/CH2O3.2K.HNO3.H3NO/c2-1(3)4;;;2-1(3)4;1-2/h(H2,2,3,4);;;(H,2,3,4);2H,1H2/q;2*+1;;/p-2. The maximum Gasteiger partial charge on any atom is 1.00 e. The van der Waals surface area contributed by atoms with Gasteiger partial charge in [0.15, 0.2) is 0 Å². The van der Waals surface area contributed by atoms with Crippen molar-refractivity contribution in [1.82, 2.24) is 0 Å². The summed E-state index contributed by atoms with van der Waals surface area (Å²) >= 11 is 0. The van der Waals surface area contributed by atoms with Crippen LogP contribution >= 0.6 is 0 Å². The summed E-state index contributed by atoms with van der Waals surface area (Å²) in [6.07, 6.45) is -2.33. The molecule has 0 spiro atoms. The fourth-order valence-corrected chi connectivity index (χ4v) is 0. The Morgan fingerprint density at radius 2 is 1.25 bits per heavy atom. The molecular formula is CH4K2N2O7. The molecule has 0 bridgehead atoms. The molecule has 0 aliphatic heterocycles. The van der Waals surface area contributed by atoms with Crippen LogP contribution in [0.3, 0.4) is 0 Å². The van der Waals surface area contributed by atoms with Crippen molar-refractivity contribution in [2.45, 2.75) is 0 Å². The number of hydrogen-bond donors (Lipinski definition) is 3. The monoisotopic (exact) mass is 234 g/mol. The first kappa shape index (κ1) is 29.2. The smallest absolute Gasteiger partial charge is 0.652 e. The SMILES string of the molecule is NO.O=C([O-])[O-].O=[N+]([O-])O.[K+].[K+]. The second kappa shape index (κ2) is 29.3. The number of nitrogens with zero attached hydrogens (tertiary/aromatic N) is 1. The Hall–Kier alpha value is 1.66. The van der Waals surface area contributed by atoms with Gasteiger partial charge < -0.3 is 25.4 Å². The molecular weight excluding hydrogens is 230 g/mol. The Morgan fingerprint density at radius 1 is 1.25 bits per heavy atom. The second-order valence-corrected chi connectivity index (χ2v) is 0.488. The summed E-state index contributed by atoms with van der Waals surface area (Å²) in [6.45, 7) is 0. The molecule has 0 aliphatic rings. The minimum atomic E-state index is -2.33. The predicted octanol–water partition coefficient (Wildman–Crippen LogP) is -9.45. The van der Waals surface area contributed by atoms with E-state index in [1.807, 2.05) is 0 Å². The third kappa shape index (κ3) is 480. The molecule has 0 fully saturated rings. The molecule has 0 saturated heterocycles. The molecule has 4 N–H and O–H groups in total. The molecule has 0 atom stereocenters. The van der Waals surface area contributed by atoms with E-state index >= 15 is 0 Å². The molecule has 0 aliphatic carbocycles. The Kier molecular flexibility index (Phi) is 71.4. The van der Waals surface area contributed by atoms with Gasteiger partial charge in [-0.2, -0.15) is 0 Å². The van der Waals surface area contributed by atoms with Gasteiger partial charge in [-0.15, -0.1) is 10.1 Å². The Labute approximate surface area is 152 Å². The zero-order chi connectivity index (χ0) is 9.15. The number of hydrogen-bond acceptors (Lipinski definition) is 7. The van der Waals surface area contributed by atoms with E-state index in [0.29, 0.717) is 0 Å². The molecule has 0 aromatic carbocycles. The molecule has 62 valence electrons. The average Bonchev–Trinajstić information content (AvgIpc) is 1.66. The van der Waals surface area contributed by atoms with Gasteiger partial charge in [-0.25, -0.2) is 5.90 Å². The molecule has 9 nitrogen and oxygen atoms in total. The Morgan fingerprint density at radius 3 is 1.25 bits per heavy atom. The van der Waals surface area contributed by atoms with Gasteiger partial charge in [-0.05, 0) is 6.16 Å². The van der Waals surface area contributed by atoms with E-state index in [1.54, 1.807) is 0 Å². The van der Waals surface area contributed by atoms with E-state index < -0.39 is 11.2 Å². The molecule has 0 amide bonds. The van der Waals surface area contributed by atoms with Crippen LogP contribution in [0.15, 0.2) is 0 Å². The molecule has 0 aromatic heterocycles. The number of rotatable bonds is 0. The van der Waals surface area contributed by atoms with Crippen LogP contribution in [0.25, 0.3) is 0 Å². The van der Waals surface area contributed by atoms with Gasteiger partial charge in [0.2, 0.25) is 0 Å². The third-order valence-corrected chi connectivity index (χ3v) is 0. The number of carboxylic acid groups (broad SMARTS) is 2.